The number of rotatable bonds is 3. The Morgan fingerprint density at radius 1 is 1.08 bits per heavy atom. The highest BCUT2D eigenvalue weighted by molar-refractivity contribution is 5.87. The van der Waals surface area contributed by atoms with Crippen LogP contribution in [-0.2, 0) is 28.7 Å². The van der Waals surface area contributed by atoms with Crippen LogP contribution in [0.4, 0.5) is 0 Å². The van der Waals surface area contributed by atoms with Gasteiger partial charge >= 0.3 is 17.9 Å². The molecule has 1 aliphatic heterocycles. The van der Waals surface area contributed by atoms with Crippen molar-refractivity contribution in [3.63, 3.8) is 0 Å². The van der Waals surface area contributed by atoms with Crippen LogP contribution in [0, 0.1) is 57.7 Å². The van der Waals surface area contributed by atoms with E-state index in [2.05, 4.69) is 13.8 Å². The second-order valence-corrected chi connectivity index (χ2v) is 14.0. The molecule has 4 saturated carbocycles. The van der Waals surface area contributed by atoms with Gasteiger partial charge in [0.1, 0.15) is 18.0 Å². The monoisotopic (exact) mass is 544 g/mol. The number of aliphatic hydroxyl groups is 2. The molecule has 0 spiro atoms. The van der Waals surface area contributed by atoms with Gasteiger partial charge in [0.05, 0.1) is 11.8 Å². The Morgan fingerprint density at radius 3 is 2.46 bits per heavy atom. The van der Waals surface area contributed by atoms with Gasteiger partial charge in [-0.25, -0.2) is 4.79 Å². The van der Waals surface area contributed by atoms with Crippen molar-refractivity contribution in [2.24, 2.45) is 57.7 Å². The van der Waals surface area contributed by atoms with Gasteiger partial charge in [0.2, 0.25) is 0 Å². The Hall–Kier alpha value is -2.26. The number of hydrogen-bond acceptors (Lipinski definition) is 8. The van der Waals surface area contributed by atoms with Crippen molar-refractivity contribution in [3.05, 3.63) is 11.8 Å². The molecule has 0 aromatic heterocycles. The molecule has 6 aliphatic rings. The van der Waals surface area contributed by atoms with E-state index in [0.717, 1.165) is 19.3 Å². The molecule has 214 valence electrons. The maximum atomic E-state index is 13.8. The van der Waals surface area contributed by atoms with Crippen LogP contribution in [0.2, 0.25) is 0 Å². The van der Waals surface area contributed by atoms with Gasteiger partial charge in [-0.1, -0.05) is 26.7 Å². The van der Waals surface area contributed by atoms with E-state index >= 15 is 0 Å². The van der Waals surface area contributed by atoms with Gasteiger partial charge in [-0.15, -0.1) is 0 Å². The minimum absolute atomic E-state index is 0.134. The summed E-state index contributed by atoms with van der Waals surface area (Å²) in [5, 5.41) is 32.6. The van der Waals surface area contributed by atoms with Gasteiger partial charge in [0, 0.05) is 24.7 Å². The number of esters is 2. The standard InChI is InChI=1S/C30H40O9/c1-13(31)38-18-12-29(3)16(21-23(18)28(2)8-6-5-7-15(28)24(34)25(21)35)11-17-22(29)14(10-20(32)33)9-19-30(17,4)26(36)27(37)39-19/h9,14-18,21-23,25-26,35-36H,5-8,10-12H2,1-4H3,(H,32,33). The number of aliphatic hydroxyl groups excluding tert-OH is 2. The van der Waals surface area contributed by atoms with Gasteiger partial charge in [0.25, 0.3) is 0 Å². The highest BCUT2D eigenvalue weighted by atomic mass is 16.6. The first kappa shape index (κ1) is 26.9. The fourth-order valence-corrected chi connectivity index (χ4v) is 10.9. The van der Waals surface area contributed by atoms with E-state index in [9.17, 15) is 34.5 Å². The third-order valence-corrected chi connectivity index (χ3v) is 12.3. The van der Waals surface area contributed by atoms with E-state index in [1.807, 2.05) is 6.92 Å². The topological polar surface area (TPSA) is 147 Å². The summed E-state index contributed by atoms with van der Waals surface area (Å²) in [6, 6.07) is 0. The van der Waals surface area contributed by atoms with Crippen LogP contribution in [0.3, 0.4) is 0 Å². The van der Waals surface area contributed by atoms with Gasteiger partial charge in [-0.2, -0.15) is 0 Å². The zero-order valence-corrected chi connectivity index (χ0v) is 23.1. The molecule has 6 rings (SSSR count). The number of carboxylic acids is 1. The molecule has 3 N–H and O–H groups in total. The summed E-state index contributed by atoms with van der Waals surface area (Å²) in [6.45, 7) is 7.39. The van der Waals surface area contributed by atoms with Crippen molar-refractivity contribution in [1.82, 2.24) is 0 Å². The lowest BCUT2D eigenvalue weighted by molar-refractivity contribution is -0.213. The van der Waals surface area contributed by atoms with Crippen LogP contribution in [-0.4, -0.2) is 57.3 Å². The first-order valence-electron chi connectivity index (χ1n) is 14.5. The first-order chi connectivity index (χ1) is 18.2. The van der Waals surface area contributed by atoms with E-state index in [1.165, 1.54) is 6.92 Å². The maximum Gasteiger partial charge on any atom is 0.341 e. The fourth-order valence-electron chi connectivity index (χ4n) is 10.9. The van der Waals surface area contributed by atoms with E-state index in [0.29, 0.717) is 25.0 Å². The highest BCUT2D eigenvalue weighted by Gasteiger charge is 2.74. The lowest BCUT2D eigenvalue weighted by Crippen LogP contribution is -2.66. The number of allylic oxidation sites excluding steroid dienone is 1. The quantitative estimate of drug-likeness (QED) is 0.456. The number of carbonyl (C=O) groups is 4. The smallest absolute Gasteiger partial charge is 0.341 e. The molecule has 0 bridgehead atoms. The number of Topliss-reactive ketones (excluding diaryl/α,β-unsaturated/α-hetero) is 1. The molecule has 1 saturated heterocycles. The maximum absolute atomic E-state index is 13.8. The van der Waals surface area contributed by atoms with Crippen molar-refractivity contribution < 1.29 is 44.0 Å². The Balaban J connectivity index is 1.51. The molecule has 9 nitrogen and oxygen atoms in total. The molecule has 0 amide bonds. The molecular weight excluding hydrogens is 504 g/mol. The molecule has 0 aromatic rings. The van der Waals surface area contributed by atoms with Crippen molar-refractivity contribution >= 4 is 23.7 Å². The Bertz CT molecular complexity index is 1160. The average molecular weight is 545 g/mol. The van der Waals surface area contributed by atoms with E-state index in [-0.39, 0.29) is 41.8 Å². The first-order valence-corrected chi connectivity index (χ1v) is 14.5. The second kappa shape index (κ2) is 8.62. The average Bonchev–Trinajstić information content (AvgIpc) is 3.28. The SMILES string of the molecule is CC(=O)OC1CC2(C)C(CC3C2C(CC(=O)O)C=C2OC(=O)C(O)C23C)C2C(O)C(=O)C3CCCCC3(C)C12. The second-order valence-electron chi connectivity index (χ2n) is 14.0. The molecule has 5 aliphatic carbocycles. The summed E-state index contributed by atoms with van der Waals surface area (Å²) < 4.78 is 11.6. The number of fused-ring (bicyclic) bond motifs is 9. The van der Waals surface area contributed by atoms with Crippen LogP contribution in [0.5, 0.6) is 0 Å². The number of carbonyl (C=O) groups excluding carboxylic acids is 3. The predicted molar refractivity (Wildman–Crippen MR) is 135 cm³/mol. The fraction of sp³-hybridized carbons (Fsp3) is 0.800. The Kier molecular flexibility index (Phi) is 5.95. The third kappa shape index (κ3) is 3.44. The van der Waals surface area contributed by atoms with Gasteiger partial charge < -0.3 is 24.8 Å². The molecule has 39 heavy (non-hydrogen) atoms. The predicted octanol–water partition coefficient (Wildman–Crippen LogP) is 2.87. The van der Waals surface area contributed by atoms with Gasteiger partial charge in [-0.3, -0.25) is 14.4 Å². The summed E-state index contributed by atoms with van der Waals surface area (Å²) >= 11 is 0. The van der Waals surface area contributed by atoms with E-state index < -0.39 is 64.3 Å². The van der Waals surface area contributed by atoms with Crippen LogP contribution < -0.4 is 0 Å². The summed E-state index contributed by atoms with van der Waals surface area (Å²) in [7, 11) is 0. The van der Waals surface area contributed by atoms with E-state index in [4.69, 9.17) is 9.47 Å². The number of aliphatic carboxylic acids is 1. The van der Waals surface area contributed by atoms with Crippen LogP contribution in [0.1, 0.15) is 72.6 Å². The highest BCUT2D eigenvalue weighted by Crippen LogP contribution is 2.73. The van der Waals surface area contributed by atoms with Crippen molar-refractivity contribution in [3.8, 4) is 0 Å². The Morgan fingerprint density at radius 2 is 1.79 bits per heavy atom. The number of hydrogen-bond donors (Lipinski definition) is 3. The summed E-state index contributed by atoms with van der Waals surface area (Å²) in [5.41, 5.74) is -2.07. The van der Waals surface area contributed by atoms with Crippen molar-refractivity contribution in [2.45, 2.75) is 91.0 Å². The zero-order valence-electron chi connectivity index (χ0n) is 23.1. The number of ketones is 1. The van der Waals surface area contributed by atoms with Crippen LogP contribution in [0.25, 0.3) is 0 Å². The largest absolute Gasteiger partial charge is 0.481 e. The number of ether oxygens (including phenoxy) is 2. The summed E-state index contributed by atoms with van der Waals surface area (Å²) in [6.07, 6.45) is 2.83. The minimum Gasteiger partial charge on any atom is -0.481 e. The lowest BCUT2D eigenvalue weighted by atomic mass is 9.42. The van der Waals surface area contributed by atoms with Gasteiger partial charge in [0.15, 0.2) is 11.9 Å². The summed E-state index contributed by atoms with van der Waals surface area (Å²) in [4.78, 5) is 50.8. The summed E-state index contributed by atoms with van der Waals surface area (Å²) in [5.74, 6) is -4.19. The Labute approximate surface area is 228 Å². The molecule has 13 atom stereocenters. The number of carboxylic acid groups (broad SMARTS) is 1. The lowest BCUT2D eigenvalue weighted by Gasteiger charge is -2.63. The molecule has 0 radical (unpaired) electrons. The molecular formula is C30H40O9. The van der Waals surface area contributed by atoms with Crippen LogP contribution in [0.15, 0.2) is 11.8 Å². The van der Waals surface area contributed by atoms with Crippen molar-refractivity contribution in [1.29, 1.82) is 0 Å². The molecule has 9 heteroatoms. The normalized spacial score (nSPS) is 51.9. The van der Waals surface area contributed by atoms with Crippen molar-refractivity contribution in [2.75, 3.05) is 0 Å². The van der Waals surface area contributed by atoms with Crippen LogP contribution >= 0.6 is 0 Å². The molecule has 0 aromatic carbocycles. The minimum atomic E-state index is -1.39. The molecule has 13 unspecified atom stereocenters. The zero-order chi connectivity index (χ0) is 28.2. The third-order valence-electron chi connectivity index (χ3n) is 12.3. The molecule has 1 heterocycles. The van der Waals surface area contributed by atoms with E-state index in [1.54, 1.807) is 6.08 Å². The molecule has 5 fully saturated rings. The van der Waals surface area contributed by atoms with Gasteiger partial charge in [-0.05, 0) is 73.2 Å².